The van der Waals surface area contributed by atoms with Gasteiger partial charge in [0.15, 0.2) is 8.32 Å². The lowest BCUT2D eigenvalue weighted by atomic mass is 9.71. The third-order valence-electron chi connectivity index (χ3n) is 5.72. The third kappa shape index (κ3) is 2.70. The molecule has 0 unspecified atom stereocenters. The summed E-state index contributed by atoms with van der Waals surface area (Å²) >= 11 is 0. The molecule has 1 fully saturated rings. The molecule has 0 aliphatic heterocycles. The first kappa shape index (κ1) is 15.3. The van der Waals surface area contributed by atoms with Crippen molar-refractivity contribution in [3.8, 4) is 0 Å². The maximum Gasteiger partial charge on any atom is 0.192 e. The Kier molecular flexibility index (Phi) is 3.79. The number of allylic oxidation sites excluding steroid dienone is 1. The third-order valence-corrected chi connectivity index (χ3v) is 10.2. The van der Waals surface area contributed by atoms with E-state index in [2.05, 4.69) is 46.9 Å². The van der Waals surface area contributed by atoms with Gasteiger partial charge in [0.2, 0.25) is 0 Å². The van der Waals surface area contributed by atoms with E-state index in [0.29, 0.717) is 5.92 Å². The molecule has 0 aromatic heterocycles. The highest BCUT2D eigenvalue weighted by atomic mass is 28.4. The number of rotatable bonds is 2. The summed E-state index contributed by atoms with van der Waals surface area (Å²) in [7, 11) is -1.82. The Morgan fingerprint density at radius 1 is 1.32 bits per heavy atom. The lowest BCUT2D eigenvalue weighted by Crippen LogP contribution is -2.52. The fourth-order valence-corrected chi connectivity index (χ4v) is 4.64. The summed E-state index contributed by atoms with van der Waals surface area (Å²) in [4.78, 5) is 0. The van der Waals surface area contributed by atoms with E-state index < -0.39 is 14.4 Å². The molecule has 0 heterocycles. The molecule has 0 aromatic carbocycles. The fourth-order valence-electron chi connectivity index (χ4n) is 3.30. The Morgan fingerprint density at radius 2 is 1.95 bits per heavy atom. The first-order chi connectivity index (χ1) is 8.57. The van der Waals surface area contributed by atoms with E-state index in [-0.39, 0.29) is 16.6 Å². The number of hydrogen-bond donors (Lipinski definition) is 1. The zero-order valence-electron chi connectivity index (χ0n) is 13.4. The molecule has 0 saturated heterocycles. The Morgan fingerprint density at radius 3 is 2.53 bits per heavy atom. The standard InChI is InChI=1S/C16H30O2Si/c1-15(2,3)19(5,6)18-14-12-8-7-10-16(12,4)11-9-13(14)17/h9,11-14,17H,7-8,10H2,1-6H3/t12-,13+,14+,16-/m0/s1. The first-order valence-corrected chi connectivity index (χ1v) is 10.5. The van der Waals surface area contributed by atoms with E-state index in [4.69, 9.17) is 4.43 Å². The average molecular weight is 282 g/mol. The van der Waals surface area contributed by atoms with Gasteiger partial charge in [0.05, 0.1) is 12.2 Å². The normalized spacial score (nSPS) is 39.4. The van der Waals surface area contributed by atoms with Crippen LogP contribution < -0.4 is 0 Å². The molecular formula is C16H30O2Si. The zero-order valence-corrected chi connectivity index (χ0v) is 14.4. The van der Waals surface area contributed by atoms with Crippen molar-refractivity contribution in [3.05, 3.63) is 12.2 Å². The molecule has 110 valence electrons. The quantitative estimate of drug-likeness (QED) is 0.610. The van der Waals surface area contributed by atoms with E-state index in [0.717, 1.165) is 0 Å². The molecule has 0 spiro atoms. The van der Waals surface area contributed by atoms with E-state index >= 15 is 0 Å². The molecule has 19 heavy (non-hydrogen) atoms. The smallest absolute Gasteiger partial charge is 0.192 e. The van der Waals surface area contributed by atoms with Crippen LogP contribution in [0.1, 0.15) is 47.0 Å². The molecule has 4 atom stereocenters. The Bertz CT molecular complexity index is 369. The number of aliphatic hydroxyl groups excluding tert-OH is 1. The maximum absolute atomic E-state index is 10.4. The van der Waals surface area contributed by atoms with Crippen molar-refractivity contribution in [2.24, 2.45) is 11.3 Å². The highest BCUT2D eigenvalue weighted by Crippen LogP contribution is 2.51. The molecule has 2 aliphatic carbocycles. The minimum atomic E-state index is -1.82. The van der Waals surface area contributed by atoms with Crippen LogP contribution in [-0.2, 0) is 4.43 Å². The Labute approximate surface area is 119 Å². The van der Waals surface area contributed by atoms with E-state index in [9.17, 15) is 5.11 Å². The van der Waals surface area contributed by atoms with Gasteiger partial charge >= 0.3 is 0 Å². The summed E-state index contributed by atoms with van der Waals surface area (Å²) in [5.74, 6) is 0.488. The Hall–Kier alpha value is -0.123. The first-order valence-electron chi connectivity index (χ1n) is 7.62. The van der Waals surface area contributed by atoms with Gasteiger partial charge in [-0.3, -0.25) is 0 Å². The SMILES string of the molecule is CC(C)(C)[Si](C)(C)O[C@H]1[C@H](O)C=C[C@]2(C)CCC[C@@H]12. The number of aliphatic hydroxyl groups is 1. The summed E-state index contributed by atoms with van der Waals surface area (Å²) in [5.41, 5.74) is 0.242. The summed E-state index contributed by atoms with van der Waals surface area (Å²) in [6.45, 7) is 13.7. The van der Waals surface area contributed by atoms with E-state index in [1.54, 1.807) is 0 Å². The minimum Gasteiger partial charge on any atom is -0.411 e. The van der Waals surface area contributed by atoms with Crippen LogP contribution in [0.2, 0.25) is 18.1 Å². The lowest BCUT2D eigenvalue weighted by molar-refractivity contribution is -0.0170. The largest absolute Gasteiger partial charge is 0.411 e. The predicted molar refractivity (Wildman–Crippen MR) is 82.7 cm³/mol. The average Bonchev–Trinajstić information content (AvgIpc) is 2.64. The van der Waals surface area contributed by atoms with Gasteiger partial charge in [0.25, 0.3) is 0 Å². The number of fused-ring (bicyclic) bond motifs is 1. The highest BCUT2D eigenvalue weighted by molar-refractivity contribution is 6.74. The summed E-state index contributed by atoms with van der Waals surface area (Å²) in [5, 5.41) is 10.6. The summed E-state index contributed by atoms with van der Waals surface area (Å²) in [6.07, 6.45) is 7.47. The number of hydrogen-bond acceptors (Lipinski definition) is 2. The molecule has 0 radical (unpaired) electrons. The van der Waals surface area contributed by atoms with Gasteiger partial charge in [-0.25, -0.2) is 0 Å². The minimum absolute atomic E-state index is 0.00149. The van der Waals surface area contributed by atoms with Gasteiger partial charge in [0.1, 0.15) is 0 Å². The molecule has 2 rings (SSSR count). The van der Waals surface area contributed by atoms with Crippen LogP contribution >= 0.6 is 0 Å². The summed E-state index contributed by atoms with van der Waals surface area (Å²) < 4.78 is 6.57. The van der Waals surface area contributed by atoms with Crippen molar-refractivity contribution in [2.75, 3.05) is 0 Å². The van der Waals surface area contributed by atoms with Crippen LogP contribution in [0.3, 0.4) is 0 Å². The predicted octanol–water partition coefficient (Wildman–Crippen LogP) is 4.11. The van der Waals surface area contributed by atoms with E-state index in [1.165, 1.54) is 19.3 Å². The van der Waals surface area contributed by atoms with Gasteiger partial charge in [0, 0.05) is 0 Å². The van der Waals surface area contributed by atoms with Gasteiger partial charge in [-0.15, -0.1) is 0 Å². The fraction of sp³-hybridized carbons (Fsp3) is 0.875. The molecule has 3 heteroatoms. The van der Waals surface area contributed by atoms with Crippen LogP contribution in [0.25, 0.3) is 0 Å². The van der Waals surface area contributed by atoms with Crippen LogP contribution in [0, 0.1) is 11.3 Å². The van der Waals surface area contributed by atoms with Crippen molar-refractivity contribution in [1.29, 1.82) is 0 Å². The van der Waals surface area contributed by atoms with Gasteiger partial charge in [-0.1, -0.05) is 46.3 Å². The van der Waals surface area contributed by atoms with Gasteiger partial charge in [-0.05, 0) is 42.3 Å². The van der Waals surface area contributed by atoms with Gasteiger partial charge < -0.3 is 9.53 Å². The van der Waals surface area contributed by atoms with Crippen molar-refractivity contribution in [3.63, 3.8) is 0 Å². The molecule has 0 bridgehead atoms. The van der Waals surface area contributed by atoms with Crippen LogP contribution in [-0.4, -0.2) is 25.6 Å². The lowest BCUT2D eigenvalue weighted by Gasteiger charge is -2.46. The van der Waals surface area contributed by atoms with Crippen molar-refractivity contribution in [1.82, 2.24) is 0 Å². The molecule has 0 aromatic rings. The molecular weight excluding hydrogens is 252 g/mol. The second-order valence-corrected chi connectivity index (χ2v) is 13.0. The monoisotopic (exact) mass is 282 g/mol. The van der Waals surface area contributed by atoms with Crippen LogP contribution in [0.4, 0.5) is 0 Å². The maximum atomic E-state index is 10.4. The zero-order chi connectivity index (χ0) is 14.5. The molecule has 1 saturated carbocycles. The highest BCUT2D eigenvalue weighted by Gasteiger charge is 2.50. The molecule has 2 aliphatic rings. The van der Waals surface area contributed by atoms with Crippen molar-refractivity contribution in [2.45, 2.75) is 77.3 Å². The molecule has 0 amide bonds. The summed E-state index contributed by atoms with van der Waals surface area (Å²) in [6, 6.07) is 0. The topological polar surface area (TPSA) is 29.5 Å². The second-order valence-electron chi connectivity index (χ2n) is 8.20. The Balaban J connectivity index is 2.22. The van der Waals surface area contributed by atoms with Crippen molar-refractivity contribution < 1.29 is 9.53 Å². The van der Waals surface area contributed by atoms with Crippen LogP contribution in [0.5, 0.6) is 0 Å². The second kappa shape index (κ2) is 4.71. The van der Waals surface area contributed by atoms with Crippen molar-refractivity contribution >= 4 is 8.32 Å². The molecule has 1 N–H and O–H groups in total. The molecule has 2 nitrogen and oxygen atoms in total. The van der Waals surface area contributed by atoms with E-state index in [1.807, 2.05) is 6.08 Å². The van der Waals surface area contributed by atoms with Crippen LogP contribution in [0.15, 0.2) is 12.2 Å². The van der Waals surface area contributed by atoms with Gasteiger partial charge in [-0.2, -0.15) is 0 Å².